The highest BCUT2D eigenvalue weighted by Gasteiger charge is 2.29. The first kappa shape index (κ1) is 43.8. The SMILES string of the molecule is CCCCCCCCCCCCCCCCOC(=O)[C@@H](N)CCC(=O)N[C@@H](CSCc1ccccc1)C(=O)N[C@H](C(=O)OCC)c1ccccc1. The van der Waals surface area contributed by atoms with E-state index in [2.05, 4.69) is 17.6 Å². The molecule has 0 saturated carbocycles. The number of nitrogens with two attached hydrogens (primary N) is 1. The van der Waals surface area contributed by atoms with Crippen LogP contribution in [0, 0.1) is 0 Å². The molecule has 0 aliphatic carbocycles. The molecule has 0 aliphatic rings. The number of carbonyl (C=O) groups is 4. The number of amides is 2. The summed E-state index contributed by atoms with van der Waals surface area (Å²) in [6.45, 7) is 4.43. The van der Waals surface area contributed by atoms with Gasteiger partial charge in [-0.2, -0.15) is 11.8 Å². The monoisotopic (exact) mass is 725 g/mol. The van der Waals surface area contributed by atoms with Crippen molar-refractivity contribution < 1.29 is 28.7 Å². The first-order valence-electron chi connectivity index (χ1n) is 19.2. The highest BCUT2D eigenvalue weighted by molar-refractivity contribution is 7.98. The number of rotatable bonds is 29. The van der Waals surface area contributed by atoms with E-state index in [9.17, 15) is 19.2 Å². The number of unbranched alkanes of at least 4 members (excludes halogenated alkanes) is 13. The molecule has 2 rings (SSSR count). The second-order valence-electron chi connectivity index (χ2n) is 13.1. The van der Waals surface area contributed by atoms with Gasteiger partial charge in [0.15, 0.2) is 6.04 Å². The maximum atomic E-state index is 13.5. The number of carbonyl (C=O) groups excluding carboxylic acids is 4. The summed E-state index contributed by atoms with van der Waals surface area (Å²) in [5.41, 5.74) is 7.72. The molecule has 3 atom stereocenters. The summed E-state index contributed by atoms with van der Waals surface area (Å²) in [5, 5.41) is 5.57. The average molecular weight is 726 g/mol. The van der Waals surface area contributed by atoms with Crippen molar-refractivity contribution in [2.75, 3.05) is 19.0 Å². The van der Waals surface area contributed by atoms with Gasteiger partial charge in [-0.05, 0) is 30.9 Å². The number of thioether (sulfide) groups is 1. The first-order chi connectivity index (χ1) is 24.8. The van der Waals surface area contributed by atoms with E-state index in [-0.39, 0.29) is 25.2 Å². The lowest BCUT2D eigenvalue weighted by atomic mass is 10.0. The van der Waals surface area contributed by atoms with Gasteiger partial charge in [0.1, 0.15) is 12.1 Å². The van der Waals surface area contributed by atoms with Gasteiger partial charge in [-0.15, -0.1) is 0 Å². The molecule has 0 saturated heterocycles. The van der Waals surface area contributed by atoms with Crippen LogP contribution in [0.15, 0.2) is 60.7 Å². The van der Waals surface area contributed by atoms with Gasteiger partial charge in [-0.25, -0.2) is 4.79 Å². The second kappa shape index (κ2) is 28.2. The van der Waals surface area contributed by atoms with Gasteiger partial charge in [0.25, 0.3) is 0 Å². The van der Waals surface area contributed by atoms with Gasteiger partial charge in [0.05, 0.1) is 13.2 Å². The molecular formula is C41H63N3O6S. The molecule has 51 heavy (non-hydrogen) atoms. The van der Waals surface area contributed by atoms with Crippen molar-refractivity contribution in [1.29, 1.82) is 0 Å². The molecule has 2 aromatic rings. The Hall–Kier alpha value is -3.37. The Morgan fingerprint density at radius 1 is 0.686 bits per heavy atom. The van der Waals surface area contributed by atoms with Gasteiger partial charge in [0, 0.05) is 17.9 Å². The van der Waals surface area contributed by atoms with Crippen molar-refractivity contribution in [2.24, 2.45) is 5.73 Å². The highest BCUT2D eigenvalue weighted by Crippen LogP contribution is 2.18. The van der Waals surface area contributed by atoms with Crippen molar-refractivity contribution in [3.05, 3.63) is 71.8 Å². The molecule has 2 amide bonds. The normalized spacial score (nSPS) is 12.8. The highest BCUT2D eigenvalue weighted by atomic mass is 32.2. The van der Waals surface area contributed by atoms with Crippen LogP contribution in [0.2, 0.25) is 0 Å². The van der Waals surface area contributed by atoms with Crippen LogP contribution in [0.25, 0.3) is 0 Å². The molecule has 0 spiro atoms. The molecule has 0 heterocycles. The molecule has 10 heteroatoms. The van der Waals surface area contributed by atoms with Crippen LogP contribution in [0.5, 0.6) is 0 Å². The smallest absolute Gasteiger partial charge is 0.333 e. The topological polar surface area (TPSA) is 137 Å². The molecule has 2 aromatic carbocycles. The van der Waals surface area contributed by atoms with E-state index in [0.29, 0.717) is 17.9 Å². The fourth-order valence-corrected chi connectivity index (χ4v) is 6.71. The van der Waals surface area contributed by atoms with E-state index in [1.807, 2.05) is 36.4 Å². The van der Waals surface area contributed by atoms with Gasteiger partial charge in [0.2, 0.25) is 11.8 Å². The van der Waals surface area contributed by atoms with Gasteiger partial charge in [-0.1, -0.05) is 151 Å². The number of benzene rings is 2. The largest absolute Gasteiger partial charge is 0.465 e. The number of nitrogens with one attached hydrogen (secondary N) is 2. The molecular weight excluding hydrogens is 663 g/mol. The Morgan fingerprint density at radius 3 is 1.80 bits per heavy atom. The summed E-state index contributed by atoms with van der Waals surface area (Å²) in [7, 11) is 0. The Labute approximate surface area is 311 Å². The molecule has 0 unspecified atom stereocenters. The number of ether oxygens (including phenoxy) is 2. The fourth-order valence-electron chi connectivity index (χ4n) is 5.69. The van der Waals surface area contributed by atoms with Crippen molar-refractivity contribution in [2.45, 2.75) is 140 Å². The van der Waals surface area contributed by atoms with Crippen LogP contribution in [-0.4, -0.2) is 54.8 Å². The predicted molar refractivity (Wildman–Crippen MR) is 207 cm³/mol. The van der Waals surface area contributed by atoms with Gasteiger partial charge < -0.3 is 25.8 Å². The number of esters is 2. The van der Waals surface area contributed by atoms with Crippen LogP contribution >= 0.6 is 11.8 Å². The van der Waals surface area contributed by atoms with Crippen LogP contribution in [0.1, 0.15) is 134 Å². The maximum absolute atomic E-state index is 13.5. The summed E-state index contributed by atoms with van der Waals surface area (Å²) in [6, 6.07) is 15.7. The zero-order valence-electron chi connectivity index (χ0n) is 31.1. The molecule has 0 bridgehead atoms. The average Bonchev–Trinajstić information content (AvgIpc) is 3.14. The molecule has 4 N–H and O–H groups in total. The maximum Gasteiger partial charge on any atom is 0.333 e. The summed E-state index contributed by atoms with van der Waals surface area (Å²) < 4.78 is 10.6. The Morgan fingerprint density at radius 2 is 1.24 bits per heavy atom. The summed E-state index contributed by atoms with van der Waals surface area (Å²) in [4.78, 5) is 51.8. The van der Waals surface area contributed by atoms with Gasteiger partial charge >= 0.3 is 11.9 Å². The molecule has 0 radical (unpaired) electrons. The Balaban J connectivity index is 1.74. The molecule has 0 aromatic heterocycles. The van der Waals surface area contributed by atoms with Crippen molar-refractivity contribution in [1.82, 2.24) is 10.6 Å². The standard InChI is InChI=1S/C41H63N3O6S/c1-3-5-6-7-8-9-10-11-12-13-14-15-16-23-30-50-40(47)35(42)28-29-37(45)43-36(32-51-31-33-24-19-17-20-25-33)39(46)44-38(41(48)49-4-2)34-26-21-18-22-27-34/h17-22,24-27,35-36,38H,3-16,23,28-32,42H2,1-2H3,(H,43,45)(H,44,46)/t35-,36-,38-/m0/s1. The zero-order valence-corrected chi connectivity index (χ0v) is 31.9. The molecule has 284 valence electrons. The van der Waals surface area contributed by atoms with Crippen LogP contribution < -0.4 is 16.4 Å². The first-order valence-corrected chi connectivity index (χ1v) is 20.4. The summed E-state index contributed by atoms with van der Waals surface area (Å²) >= 11 is 1.49. The van der Waals surface area contributed by atoms with Crippen LogP contribution in [-0.2, 0) is 34.4 Å². The minimum atomic E-state index is -1.03. The number of hydrogen-bond acceptors (Lipinski definition) is 8. The fraction of sp³-hybridized carbons (Fsp3) is 0.610. The van der Waals surface area contributed by atoms with E-state index in [1.54, 1.807) is 31.2 Å². The lowest BCUT2D eigenvalue weighted by Crippen LogP contribution is -2.50. The molecule has 0 aliphatic heterocycles. The number of hydrogen-bond donors (Lipinski definition) is 3. The third kappa shape index (κ3) is 20.3. The predicted octanol–water partition coefficient (Wildman–Crippen LogP) is 7.96. The van der Waals surface area contributed by atoms with Crippen molar-refractivity contribution in [3.63, 3.8) is 0 Å². The molecule has 9 nitrogen and oxygen atoms in total. The Kier molecular flexibility index (Phi) is 24.3. The quantitative estimate of drug-likeness (QED) is 0.0568. The van der Waals surface area contributed by atoms with Crippen LogP contribution in [0.3, 0.4) is 0 Å². The van der Waals surface area contributed by atoms with Crippen molar-refractivity contribution in [3.8, 4) is 0 Å². The van der Waals surface area contributed by atoms with E-state index in [0.717, 1.165) is 24.8 Å². The van der Waals surface area contributed by atoms with E-state index in [1.165, 1.54) is 82.4 Å². The third-order valence-electron chi connectivity index (χ3n) is 8.72. The Bertz CT molecular complexity index is 1230. The molecule has 0 fully saturated rings. The third-order valence-corrected chi connectivity index (χ3v) is 9.82. The van der Waals surface area contributed by atoms with Gasteiger partial charge in [-0.3, -0.25) is 14.4 Å². The minimum Gasteiger partial charge on any atom is -0.465 e. The van der Waals surface area contributed by atoms with E-state index >= 15 is 0 Å². The van der Waals surface area contributed by atoms with Crippen LogP contribution in [0.4, 0.5) is 0 Å². The van der Waals surface area contributed by atoms with E-state index < -0.39 is 41.9 Å². The summed E-state index contributed by atoms with van der Waals surface area (Å²) in [6.07, 6.45) is 17.6. The lowest BCUT2D eigenvalue weighted by molar-refractivity contribution is -0.148. The lowest BCUT2D eigenvalue weighted by Gasteiger charge is -2.23. The zero-order chi connectivity index (χ0) is 36.9. The summed E-state index contributed by atoms with van der Waals surface area (Å²) in [5.74, 6) is -1.13. The minimum absolute atomic E-state index is 0.0533. The van der Waals surface area contributed by atoms with E-state index in [4.69, 9.17) is 15.2 Å². The van der Waals surface area contributed by atoms with Crippen molar-refractivity contribution >= 4 is 35.5 Å². The second-order valence-corrected chi connectivity index (χ2v) is 14.2.